The molecule has 0 saturated heterocycles. The van der Waals surface area contributed by atoms with Gasteiger partial charge in [-0.2, -0.15) is 0 Å². The number of anilines is 1. The van der Waals surface area contributed by atoms with Crippen LogP contribution >= 0.6 is 0 Å². The van der Waals surface area contributed by atoms with Gasteiger partial charge in [0.2, 0.25) is 0 Å². The fourth-order valence-corrected chi connectivity index (χ4v) is 1.12. The van der Waals surface area contributed by atoms with E-state index in [9.17, 15) is 9.59 Å². The Balaban J connectivity index is 2.80. The number of hydrogen-bond acceptors (Lipinski definition) is 2. The van der Waals surface area contributed by atoms with Crippen molar-refractivity contribution >= 4 is 17.6 Å². The summed E-state index contributed by atoms with van der Waals surface area (Å²) in [6.07, 6.45) is 3.17. The normalized spacial score (nSPS) is 10.1. The van der Waals surface area contributed by atoms with Crippen LogP contribution in [0, 0.1) is 0 Å². The average molecular weight is 219 g/mol. The highest BCUT2D eigenvalue weighted by atomic mass is 16.2. The van der Waals surface area contributed by atoms with Crippen molar-refractivity contribution in [3.05, 3.63) is 42.1 Å². The van der Waals surface area contributed by atoms with Crippen molar-refractivity contribution in [2.45, 2.75) is 6.92 Å². The third kappa shape index (κ3) is 3.13. The molecule has 0 atom stereocenters. The van der Waals surface area contributed by atoms with E-state index in [1.165, 1.54) is 6.20 Å². The summed E-state index contributed by atoms with van der Waals surface area (Å²) in [6.45, 7) is 1.78. The third-order valence-electron chi connectivity index (χ3n) is 1.82. The SMILES string of the molecule is C/C=C/NC(=O)Nc1ccccc1C(N)=O. The number of carbonyl (C=O) groups excluding carboxylic acids is 2. The van der Waals surface area contributed by atoms with Crippen molar-refractivity contribution in [3.8, 4) is 0 Å². The maximum absolute atomic E-state index is 11.3. The first-order chi connectivity index (χ1) is 7.65. The fraction of sp³-hybridized carbons (Fsp3) is 0.0909. The van der Waals surface area contributed by atoms with E-state index in [1.54, 1.807) is 37.3 Å². The lowest BCUT2D eigenvalue weighted by molar-refractivity contribution is 0.100. The van der Waals surface area contributed by atoms with E-state index in [-0.39, 0.29) is 5.56 Å². The van der Waals surface area contributed by atoms with Crippen LogP contribution in [-0.4, -0.2) is 11.9 Å². The Hall–Kier alpha value is -2.30. The number of para-hydroxylation sites is 1. The molecule has 1 aromatic carbocycles. The number of nitrogens with two attached hydrogens (primary N) is 1. The summed E-state index contributed by atoms with van der Waals surface area (Å²) < 4.78 is 0. The molecule has 1 rings (SSSR count). The van der Waals surface area contributed by atoms with E-state index in [4.69, 9.17) is 5.73 Å². The first-order valence-corrected chi connectivity index (χ1v) is 4.72. The molecule has 0 bridgehead atoms. The molecule has 16 heavy (non-hydrogen) atoms. The van der Waals surface area contributed by atoms with Crippen LogP contribution in [0.3, 0.4) is 0 Å². The monoisotopic (exact) mass is 219 g/mol. The van der Waals surface area contributed by atoms with Gasteiger partial charge in [0, 0.05) is 6.20 Å². The summed E-state index contributed by atoms with van der Waals surface area (Å²) in [5, 5.41) is 4.99. The molecule has 1 aromatic rings. The Bertz CT molecular complexity index is 427. The average Bonchev–Trinajstić information content (AvgIpc) is 2.27. The van der Waals surface area contributed by atoms with Gasteiger partial charge < -0.3 is 16.4 Å². The van der Waals surface area contributed by atoms with Crippen LogP contribution in [0.1, 0.15) is 17.3 Å². The summed E-state index contributed by atoms with van der Waals surface area (Å²) in [5.74, 6) is -0.582. The minimum Gasteiger partial charge on any atom is -0.366 e. The minimum atomic E-state index is -0.582. The maximum Gasteiger partial charge on any atom is 0.323 e. The van der Waals surface area contributed by atoms with Crippen LogP contribution in [0.25, 0.3) is 0 Å². The van der Waals surface area contributed by atoms with Gasteiger partial charge in [-0.15, -0.1) is 0 Å². The zero-order valence-corrected chi connectivity index (χ0v) is 8.86. The molecule has 0 fully saturated rings. The van der Waals surface area contributed by atoms with Gasteiger partial charge in [0.25, 0.3) is 5.91 Å². The van der Waals surface area contributed by atoms with Gasteiger partial charge in [0.15, 0.2) is 0 Å². The maximum atomic E-state index is 11.3. The van der Waals surface area contributed by atoms with Gasteiger partial charge in [-0.05, 0) is 19.1 Å². The number of nitrogens with one attached hydrogen (secondary N) is 2. The highest BCUT2D eigenvalue weighted by molar-refractivity contribution is 6.02. The Labute approximate surface area is 93.3 Å². The first kappa shape index (κ1) is 11.8. The summed E-state index contributed by atoms with van der Waals surface area (Å²) in [4.78, 5) is 22.4. The number of carbonyl (C=O) groups is 2. The largest absolute Gasteiger partial charge is 0.366 e. The molecule has 0 aliphatic heterocycles. The Morgan fingerprint density at radius 1 is 1.31 bits per heavy atom. The summed E-state index contributed by atoms with van der Waals surface area (Å²) in [7, 11) is 0. The predicted octanol–water partition coefficient (Wildman–Crippen LogP) is 1.44. The molecule has 5 heteroatoms. The van der Waals surface area contributed by atoms with Gasteiger partial charge in [-0.25, -0.2) is 4.79 Å². The standard InChI is InChI=1S/C11H13N3O2/c1-2-7-13-11(16)14-9-6-4-3-5-8(9)10(12)15/h2-7H,1H3,(H2,12,15)(H2,13,14,16)/b7-2+. The predicted molar refractivity (Wildman–Crippen MR) is 61.9 cm³/mol. The molecular weight excluding hydrogens is 206 g/mol. The van der Waals surface area contributed by atoms with E-state index >= 15 is 0 Å². The second-order valence-corrected chi connectivity index (χ2v) is 3.01. The number of urea groups is 1. The number of primary amides is 1. The highest BCUT2D eigenvalue weighted by Crippen LogP contribution is 2.13. The van der Waals surface area contributed by atoms with Crippen LogP contribution in [0.5, 0.6) is 0 Å². The number of hydrogen-bond donors (Lipinski definition) is 3. The Morgan fingerprint density at radius 2 is 2.00 bits per heavy atom. The van der Waals surface area contributed by atoms with E-state index in [0.717, 1.165) is 0 Å². The van der Waals surface area contributed by atoms with Crippen LogP contribution < -0.4 is 16.4 Å². The van der Waals surface area contributed by atoms with Crippen molar-refractivity contribution in [2.75, 3.05) is 5.32 Å². The lowest BCUT2D eigenvalue weighted by Crippen LogP contribution is -2.25. The van der Waals surface area contributed by atoms with E-state index < -0.39 is 11.9 Å². The summed E-state index contributed by atoms with van der Waals surface area (Å²) in [5.41, 5.74) is 5.83. The van der Waals surface area contributed by atoms with Crippen LogP contribution in [0.4, 0.5) is 10.5 Å². The summed E-state index contributed by atoms with van der Waals surface area (Å²) in [6, 6.07) is 6.11. The summed E-state index contributed by atoms with van der Waals surface area (Å²) >= 11 is 0. The molecule has 5 nitrogen and oxygen atoms in total. The van der Waals surface area contributed by atoms with E-state index in [2.05, 4.69) is 10.6 Å². The van der Waals surface area contributed by atoms with Crippen molar-refractivity contribution in [2.24, 2.45) is 5.73 Å². The second-order valence-electron chi connectivity index (χ2n) is 3.01. The zero-order valence-electron chi connectivity index (χ0n) is 8.86. The van der Waals surface area contributed by atoms with Crippen molar-refractivity contribution in [1.82, 2.24) is 5.32 Å². The Morgan fingerprint density at radius 3 is 2.62 bits per heavy atom. The molecule has 3 amide bonds. The van der Waals surface area contributed by atoms with Gasteiger partial charge in [-0.1, -0.05) is 18.2 Å². The van der Waals surface area contributed by atoms with Crippen molar-refractivity contribution in [3.63, 3.8) is 0 Å². The molecule has 0 aliphatic carbocycles. The van der Waals surface area contributed by atoms with Gasteiger partial charge in [0.05, 0.1) is 11.3 Å². The number of allylic oxidation sites excluding steroid dienone is 1. The smallest absolute Gasteiger partial charge is 0.323 e. The molecule has 0 saturated carbocycles. The Kier molecular flexibility index (Phi) is 4.08. The van der Waals surface area contributed by atoms with Gasteiger partial charge in [-0.3, -0.25) is 4.79 Å². The minimum absolute atomic E-state index is 0.276. The molecule has 0 spiro atoms. The topological polar surface area (TPSA) is 84.2 Å². The van der Waals surface area contributed by atoms with Crippen LogP contribution in [-0.2, 0) is 0 Å². The van der Waals surface area contributed by atoms with E-state index in [0.29, 0.717) is 5.69 Å². The van der Waals surface area contributed by atoms with Gasteiger partial charge >= 0.3 is 6.03 Å². The molecule has 4 N–H and O–H groups in total. The van der Waals surface area contributed by atoms with Crippen molar-refractivity contribution in [1.29, 1.82) is 0 Å². The van der Waals surface area contributed by atoms with E-state index in [1.807, 2.05) is 0 Å². The first-order valence-electron chi connectivity index (χ1n) is 4.72. The molecule has 0 aliphatic rings. The quantitative estimate of drug-likeness (QED) is 0.718. The number of rotatable bonds is 3. The molecule has 0 radical (unpaired) electrons. The third-order valence-corrected chi connectivity index (χ3v) is 1.82. The lowest BCUT2D eigenvalue weighted by atomic mass is 10.1. The second kappa shape index (κ2) is 5.55. The molecule has 0 heterocycles. The fourth-order valence-electron chi connectivity index (χ4n) is 1.12. The molecule has 84 valence electrons. The zero-order chi connectivity index (χ0) is 12.0. The lowest BCUT2D eigenvalue weighted by Gasteiger charge is -2.07. The van der Waals surface area contributed by atoms with Crippen LogP contribution in [0.15, 0.2) is 36.5 Å². The number of amides is 3. The molecule has 0 unspecified atom stereocenters. The highest BCUT2D eigenvalue weighted by Gasteiger charge is 2.08. The van der Waals surface area contributed by atoms with Crippen LogP contribution in [0.2, 0.25) is 0 Å². The molecule has 0 aromatic heterocycles. The molecular formula is C11H13N3O2. The number of benzene rings is 1. The van der Waals surface area contributed by atoms with Crippen molar-refractivity contribution < 1.29 is 9.59 Å². The van der Waals surface area contributed by atoms with Gasteiger partial charge in [0.1, 0.15) is 0 Å².